The lowest BCUT2D eigenvalue weighted by Crippen LogP contribution is -2.36. The number of rotatable bonds is 7. The highest BCUT2D eigenvalue weighted by Crippen LogP contribution is 2.20. The van der Waals surface area contributed by atoms with Gasteiger partial charge in [0.05, 0.1) is 7.11 Å². The number of likely N-dealkylation sites (N-methyl/N-ethyl adjacent to an activating group) is 2. The van der Waals surface area contributed by atoms with E-state index < -0.39 is 0 Å². The molecule has 0 aliphatic rings. The minimum absolute atomic E-state index is 0.332. The molecule has 0 aliphatic heterocycles. The van der Waals surface area contributed by atoms with Gasteiger partial charge in [0.1, 0.15) is 5.75 Å². The quantitative estimate of drug-likeness (QED) is 0.805. The van der Waals surface area contributed by atoms with Gasteiger partial charge in [-0.25, -0.2) is 0 Å². The first kappa shape index (κ1) is 15.0. The molecule has 2 atom stereocenters. The standard InChI is InChI=1S/C15H26N2O/c1-6-12(2)17(4)11-15(16-3)13-8-7-9-14(10-13)18-5/h7-10,12,15-16H,6,11H2,1-5H3. The Labute approximate surface area is 111 Å². The maximum atomic E-state index is 5.28. The topological polar surface area (TPSA) is 24.5 Å². The number of nitrogens with one attached hydrogen (secondary N) is 1. The average Bonchev–Trinajstić information content (AvgIpc) is 2.43. The summed E-state index contributed by atoms with van der Waals surface area (Å²) in [6, 6.07) is 9.21. The second-order valence-electron chi connectivity index (χ2n) is 4.81. The van der Waals surface area contributed by atoms with Crippen molar-refractivity contribution in [3.8, 4) is 5.75 Å². The molecule has 1 N–H and O–H groups in total. The highest BCUT2D eigenvalue weighted by atomic mass is 16.5. The zero-order valence-corrected chi connectivity index (χ0v) is 12.2. The van der Waals surface area contributed by atoms with Crippen molar-refractivity contribution in [3.63, 3.8) is 0 Å². The van der Waals surface area contributed by atoms with Gasteiger partial charge in [0.2, 0.25) is 0 Å². The van der Waals surface area contributed by atoms with Gasteiger partial charge in [-0.1, -0.05) is 19.1 Å². The Morgan fingerprint density at radius 3 is 2.67 bits per heavy atom. The van der Waals surface area contributed by atoms with Crippen LogP contribution in [0.25, 0.3) is 0 Å². The Morgan fingerprint density at radius 2 is 2.11 bits per heavy atom. The number of nitrogens with zero attached hydrogens (tertiary/aromatic N) is 1. The summed E-state index contributed by atoms with van der Waals surface area (Å²) < 4.78 is 5.28. The molecular weight excluding hydrogens is 224 g/mol. The van der Waals surface area contributed by atoms with Crippen molar-refractivity contribution in [2.24, 2.45) is 0 Å². The lowest BCUT2D eigenvalue weighted by atomic mass is 10.1. The fourth-order valence-electron chi connectivity index (χ4n) is 2.00. The molecule has 3 heteroatoms. The Balaban J connectivity index is 2.76. The molecule has 0 saturated carbocycles. The van der Waals surface area contributed by atoms with Crippen LogP contribution in [0.1, 0.15) is 31.9 Å². The normalized spacial score (nSPS) is 14.6. The first-order chi connectivity index (χ1) is 8.62. The van der Waals surface area contributed by atoms with Gasteiger partial charge < -0.3 is 15.0 Å². The maximum Gasteiger partial charge on any atom is 0.119 e. The maximum absolute atomic E-state index is 5.28. The molecule has 102 valence electrons. The Hall–Kier alpha value is -1.06. The van der Waals surface area contributed by atoms with Crippen LogP contribution in [0.2, 0.25) is 0 Å². The summed E-state index contributed by atoms with van der Waals surface area (Å²) >= 11 is 0. The fourth-order valence-corrected chi connectivity index (χ4v) is 2.00. The number of methoxy groups -OCH3 is 1. The van der Waals surface area contributed by atoms with Crippen molar-refractivity contribution in [3.05, 3.63) is 29.8 Å². The van der Waals surface area contributed by atoms with Crippen LogP contribution in [0.15, 0.2) is 24.3 Å². The van der Waals surface area contributed by atoms with Crippen LogP contribution in [0, 0.1) is 0 Å². The summed E-state index contributed by atoms with van der Waals surface area (Å²) in [5.41, 5.74) is 1.27. The molecule has 0 saturated heterocycles. The first-order valence-corrected chi connectivity index (χ1v) is 6.63. The van der Waals surface area contributed by atoms with E-state index in [0.717, 1.165) is 12.3 Å². The molecule has 0 heterocycles. The molecule has 0 radical (unpaired) electrons. The van der Waals surface area contributed by atoms with E-state index in [9.17, 15) is 0 Å². The van der Waals surface area contributed by atoms with E-state index in [1.807, 2.05) is 19.2 Å². The summed E-state index contributed by atoms with van der Waals surface area (Å²) in [7, 11) is 5.89. The highest BCUT2D eigenvalue weighted by molar-refractivity contribution is 5.30. The lowest BCUT2D eigenvalue weighted by Gasteiger charge is -2.28. The molecule has 0 bridgehead atoms. The van der Waals surface area contributed by atoms with Gasteiger partial charge in [0.25, 0.3) is 0 Å². The number of benzene rings is 1. The van der Waals surface area contributed by atoms with Crippen molar-refractivity contribution in [2.75, 3.05) is 27.7 Å². The van der Waals surface area contributed by atoms with Crippen molar-refractivity contribution < 1.29 is 4.74 Å². The van der Waals surface area contributed by atoms with Crippen LogP contribution < -0.4 is 10.1 Å². The van der Waals surface area contributed by atoms with Crippen molar-refractivity contribution in [1.82, 2.24) is 10.2 Å². The third-order valence-electron chi connectivity index (χ3n) is 3.66. The van der Waals surface area contributed by atoms with Crippen LogP contribution >= 0.6 is 0 Å². The van der Waals surface area contributed by atoms with Crippen molar-refractivity contribution in [2.45, 2.75) is 32.4 Å². The molecule has 0 spiro atoms. The smallest absolute Gasteiger partial charge is 0.119 e. The lowest BCUT2D eigenvalue weighted by molar-refractivity contribution is 0.228. The second kappa shape index (κ2) is 7.39. The van der Waals surface area contributed by atoms with Crippen molar-refractivity contribution >= 4 is 0 Å². The van der Waals surface area contributed by atoms with E-state index in [4.69, 9.17) is 4.74 Å². The van der Waals surface area contributed by atoms with E-state index in [1.54, 1.807) is 7.11 Å². The van der Waals surface area contributed by atoms with Gasteiger partial charge in [0.15, 0.2) is 0 Å². The van der Waals surface area contributed by atoms with E-state index in [1.165, 1.54) is 12.0 Å². The summed E-state index contributed by atoms with van der Waals surface area (Å²) in [6.45, 7) is 5.48. The molecule has 0 aliphatic carbocycles. The molecule has 2 unspecified atom stereocenters. The molecule has 0 amide bonds. The molecular formula is C15H26N2O. The number of ether oxygens (including phenoxy) is 1. The minimum Gasteiger partial charge on any atom is -0.497 e. The Kier molecular flexibility index (Phi) is 6.16. The van der Waals surface area contributed by atoms with Gasteiger partial charge in [0, 0.05) is 18.6 Å². The van der Waals surface area contributed by atoms with E-state index in [-0.39, 0.29) is 0 Å². The second-order valence-corrected chi connectivity index (χ2v) is 4.81. The molecule has 1 aromatic rings. The molecule has 18 heavy (non-hydrogen) atoms. The highest BCUT2D eigenvalue weighted by Gasteiger charge is 2.15. The average molecular weight is 250 g/mol. The molecule has 3 nitrogen and oxygen atoms in total. The Bertz CT molecular complexity index is 354. The van der Waals surface area contributed by atoms with Crippen LogP contribution in [-0.2, 0) is 0 Å². The molecule has 1 aromatic carbocycles. The van der Waals surface area contributed by atoms with Gasteiger partial charge in [-0.15, -0.1) is 0 Å². The summed E-state index contributed by atoms with van der Waals surface area (Å²) in [5.74, 6) is 0.916. The summed E-state index contributed by atoms with van der Waals surface area (Å²) in [4.78, 5) is 2.39. The largest absolute Gasteiger partial charge is 0.497 e. The SMILES string of the molecule is CCC(C)N(C)CC(NC)c1cccc(OC)c1. The van der Waals surface area contributed by atoms with E-state index >= 15 is 0 Å². The molecule has 0 aromatic heterocycles. The van der Waals surface area contributed by atoms with Crippen LogP contribution in [-0.4, -0.2) is 38.7 Å². The predicted molar refractivity (Wildman–Crippen MR) is 77.2 cm³/mol. The van der Waals surface area contributed by atoms with Crippen molar-refractivity contribution in [1.29, 1.82) is 0 Å². The number of hydrogen-bond acceptors (Lipinski definition) is 3. The summed E-state index contributed by atoms with van der Waals surface area (Å²) in [6.07, 6.45) is 1.17. The summed E-state index contributed by atoms with van der Waals surface area (Å²) in [5, 5.41) is 3.38. The minimum atomic E-state index is 0.332. The zero-order valence-electron chi connectivity index (χ0n) is 12.2. The third-order valence-corrected chi connectivity index (χ3v) is 3.66. The Morgan fingerprint density at radius 1 is 1.39 bits per heavy atom. The van der Waals surface area contributed by atoms with Crippen LogP contribution in [0.4, 0.5) is 0 Å². The monoisotopic (exact) mass is 250 g/mol. The first-order valence-electron chi connectivity index (χ1n) is 6.63. The van der Waals surface area contributed by atoms with E-state index in [0.29, 0.717) is 12.1 Å². The fraction of sp³-hybridized carbons (Fsp3) is 0.600. The van der Waals surface area contributed by atoms with Gasteiger partial charge in [-0.2, -0.15) is 0 Å². The van der Waals surface area contributed by atoms with Gasteiger partial charge >= 0.3 is 0 Å². The molecule has 0 fully saturated rings. The van der Waals surface area contributed by atoms with Crippen LogP contribution in [0.3, 0.4) is 0 Å². The predicted octanol–water partition coefficient (Wildman–Crippen LogP) is 2.69. The third kappa shape index (κ3) is 4.00. The van der Waals surface area contributed by atoms with Crippen LogP contribution in [0.5, 0.6) is 5.75 Å². The molecule has 1 rings (SSSR count). The zero-order chi connectivity index (χ0) is 13.5. The van der Waals surface area contributed by atoms with E-state index in [2.05, 4.69) is 43.2 Å². The number of hydrogen-bond donors (Lipinski definition) is 1. The van der Waals surface area contributed by atoms with Gasteiger partial charge in [-0.3, -0.25) is 0 Å². The van der Waals surface area contributed by atoms with Gasteiger partial charge in [-0.05, 0) is 45.1 Å².